The smallest absolute Gasteiger partial charge is 0.254 e. The predicted molar refractivity (Wildman–Crippen MR) is 128 cm³/mol. The molecule has 0 bridgehead atoms. The van der Waals surface area contributed by atoms with Crippen LogP contribution in [0.1, 0.15) is 53.2 Å². The molecule has 3 aromatic rings. The van der Waals surface area contributed by atoms with Gasteiger partial charge in [-0.05, 0) is 37.7 Å². The lowest BCUT2D eigenvalue weighted by Gasteiger charge is -2.39. The van der Waals surface area contributed by atoms with Crippen molar-refractivity contribution in [1.82, 2.24) is 20.1 Å². The molecule has 0 saturated carbocycles. The van der Waals surface area contributed by atoms with Crippen LogP contribution >= 0.6 is 0 Å². The Morgan fingerprint density at radius 1 is 1.09 bits per heavy atom. The topological polar surface area (TPSA) is 68.4 Å². The third kappa shape index (κ3) is 4.15. The molecule has 2 heterocycles. The number of rotatable bonds is 8. The van der Waals surface area contributed by atoms with Gasteiger partial charge in [-0.2, -0.15) is 0 Å². The Morgan fingerprint density at radius 2 is 1.84 bits per heavy atom. The minimum absolute atomic E-state index is 0.0454. The van der Waals surface area contributed by atoms with E-state index in [0.717, 1.165) is 48.0 Å². The van der Waals surface area contributed by atoms with Crippen LogP contribution in [0.5, 0.6) is 0 Å². The number of hydrogen-bond donors (Lipinski definition) is 2. The van der Waals surface area contributed by atoms with Crippen LogP contribution in [0.15, 0.2) is 54.7 Å². The van der Waals surface area contributed by atoms with Crippen molar-refractivity contribution in [3.63, 3.8) is 0 Å². The highest BCUT2D eigenvalue weighted by Crippen LogP contribution is 2.43. The van der Waals surface area contributed by atoms with Gasteiger partial charge in [0, 0.05) is 48.4 Å². The molecule has 2 aromatic carbocycles. The zero-order valence-electron chi connectivity index (χ0n) is 19.1. The molecule has 0 spiro atoms. The van der Waals surface area contributed by atoms with E-state index >= 15 is 0 Å². The molecule has 2 amide bonds. The van der Waals surface area contributed by atoms with Crippen molar-refractivity contribution < 1.29 is 9.59 Å². The molecule has 32 heavy (non-hydrogen) atoms. The average molecular weight is 433 g/mol. The molecule has 6 nitrogen and oxygen atoms in total. The van der Waals surface area contributed by atoms with Crippen molar-refractivity contribution in [3.8, 4) is 0 Å². The van der Waals surface area contributed by atoms with Crippen molar-refractivity contribution >= 4 is 22.7 Å². The lowest BCUT2D eigenvalue weighted by atomic mass is 9.79. The van der Waals surface area contributed by atoms with Crippen molar-refractivity contribution in [2.45, 2.75) is 31.7 Å². The Balaban J connectivity index is 1.66. The van der Waals surface area contributed by atoms with E-state index in [-0.39, 0.29) is 17.9 Å². The maximum atomic E-state index is 13.6. The number of nitrogens with zero attached hydrogens (tertiary/aromatic N) is 2. The van der Waals surface area contributed by atoms with Crippen LogP contribution in [0.4, 0.5) is 0 Å². The van der Waals surface area contributed by atoms with Crippen molar-refractivity contribution in [2.24, 2.45) is 0 Å². The van der Waals surface area contributed by atoms with Crippen molar-refractivity contribution in [3.05, 3.63) is 71.4 Å². The van der Waals surface area contributed by atoms with Crippen LogP contribution in [-0.4, -0.2) is 60.3 Å². The number of benzene rings is 2. The molecule has 2 unspecified atom stereocenters. The van der Waals surface area contributed by atoms with Gasteiger partial charge in [-0.15, -0.1) is 0 Å². The molecular formula is C26H32N4O2. The Labute approximate surface area is 189 Å². The highest BCUT2D eigenvalue weighted by molar-refractivity contribution is 6.02. The normalized spacial score (nSPS) is 18.2. The number of para-hydroxylation sites is 1. The Hall–Kier alpha value is -3.12. The number of fused-ring (bicyclic) bond motifs is 2. The van der Waals surface area contributed by atoms with E-state index in [9.17, 15) is 9.59 Å². The lowest BCUT2D eigenvalue weighted by molar-refractivity contribution is -0.124. The molecule has 6 heteroatoms. The standard InChI is InChI=1S/C26H32N4O2/c1-4-5-15-29(2)16-14-27-25(31)23-19-11-6-7-12-20(19)26(32)30(3)24(23)21-17-28-22-13-9-8-10-18(21)22/h6-13,17,23-24,28H,4-5,14-16H2,1-3H3,(H,27,31). The molecule has 2 N–H and O–H groups in total. The minimum atomic E-state index is -0.478. The quantitative estimate of drug-likeness (QED) is 0.567. The van der Waals surface area contributed by atoms with Crippen LogP contribution in [0, 0.1) is 0 Å². The fraction of sp³-hybridized carbons (Fsp3) is 0.385. The monoisotopic (exact) mass is 432 g/mol. The first-order valence-corrected chi connectivity index (χ1v) is 11.4. The van der Waals surface area contributed by atoms with Gasteiger partial charge in [0.15, 0.2) is 0 Å². The molecule has 0 aliphatic carbocycles. The first-order valence-electron chi connectivity index (χ1n) is 11.4. The summed E-state index contributed by atoms with van der Waals surface area (Å²) in [6.45, 7) is 4.58. The maximum absolute atomic E-state index is 13.6. The average Bonchev–Trinajstić information content (AvgIpc) is 3.23. The Kier molecular flexibility index (Phi) is 6.61. The van der Waals surface area contributed by atoms with Gasteiger partial charge < -0.3 is 20.1 Å². The first kappa shape index (κ1) is 22.1. The molecule has 168 valence electrons. The number of aromatic nitrogens is 1. The molecule has 0 saturated heterocycles. The van der Waals surface area contributed by atoms with Crippen LogP contribution in [-0.2, 0) is 4.79 Å². The van der Waals surface area contributed by atoms with E-state index in [1.807, 2.05) is 54.7 Å². The van der Waals surface area contributed by atoms with E-state index in [2.05, 4.69) is 29.2 Å². The zero-order chi connectivity index (χ0) is 22.7. The van der Waals surface area contributed by atoms with E-state index in [4.69, 9.17) is 0 Å². The Morgan fingerprint density at radius 3 is 2.66 bits per heavy atom. The Bertz CT molecular complexity index is 1110. The number of H-pyrrole nitrogens is 1. The summed E-state index contributed by atoms with van der Waals surface area (Å²) in [6.07, 6.45) is 4.24. The number of amides is 2. The molecule has 2 atom stereocenters. The fourth-order valence-corrected chi connectivity index (χ4v) is 4.70. The number of hydrogen-bond acceptors (Lipinski definition) is 3. The van der Waals surface area contributed by atoms with Gasteiger partial charge in [0.25, 0.3) is 5.91 Å². The molecule has 1 aliphatic rings. The van der Waals surface area contributed by atoms with Crippen molar-refractivity contribution in [2.75, 3.05) is 33.7 Å². The maximum Gasteiger partial charge on any atom is 0.254 e. The largest absolute Gasteiger partial charge is 0.361 e. The minimum Gasteiger partial charge on any atom is -0.361 e. The van der Waals surface area contributed by atoms with Crippen LogP contribution in [0.25, 0.3) is 10.9 Å². The summed E-state index contributed by atoms with van der Waals surface area (Å²) in [5.74, 6) is -0.579. The van der Waals surface area contributed by atoms with Gasteiger partial charge in [0.05, 0.1) is 12.0 Å². The van der Waals surface area contributed by atoms with Crippen LogP contribution < -0.4 is 5.32 Å². The van der Waals surface area contributed by atoms with Crippen LogP contribution in [0.2, 0.25) is 0 Å². The van der Waals surface area contributed by atoms with Gasteiger partial charge in [-0.25, -0.2) is 0 Å². The number of aromatic amines is 1. The summed E-state index contributed by atoms with van der Waals surface area (Å²) < 4.78 is 0. The summed E-state index contributed by atoms with van der Waals surface area (Å²) >= 11 is 0. The summed E-state index contributed by atoms with van der Waals surface area (Å²) in [7, 11) is 3.88. The van der Waals surface area contributed by atoms with Crippen LogP contribution in [0.3, 0.4) is 0 Å². The number of carbonyl (C=O) groups is 2. The molecule has 1 aliphatic heterocycles. The molecular weight excluding hydrogens is 400 g/mol. The SMILES string of the molecule is CCCCN(C)CCNC(=O)C1c2ccccc2C(=O)N(C)C1c1c[nH]c2ccccc12. The van der Waals surface area contributed by atoms with E-state index < -0.39 is 5.92 Å². The lowest BCUT2D eigenvalue weighted by Crippen LogP contribution is -2.46. The summed E-state index contributed by atoms with van der Waals surface area (Å²) in [5.41, 5.74) is 3.36. The van der Waals surface area contributed by atoms with Gasteiger partial charge in [-0.1, -0.05) is 49.7 Å². The van der Waals surface area contributed by atoms with Crippen molar-refractivity contribution in [1.29, 1.82) is 0 Å². The molecule has 0 fully saturated rings. The van der Waals surface area contributed by atoms with Gasteiger partial charge in [0.2, 0.25) is 5.91 Å². The number of unbranched alkanes of at least 4 members (excludes halogenated alkanes) is 1. The van der Waals surface area contributed by atoms with E-state index in [1.165, 1.54) is 0 Å². The fourth-order valence-electron chi connectivity index (χ4n) is 4.70. The van der Waals surface area contributed by atoms with E-state index in [0.29, 0.717) is 12.1 Å². The highest BCUT2D eigenvalue weighted by Gasteiger charge is 2.43. The first-order chi connectivity index (χ1) is 15.5. The molecule has 4 rings (SSSR count). The second-order valence-electron chi connectivity index (χ2n) is 8.66. The highest BCUT2D eigenvalue weighted by atomic mass is 16.2. The second-order valence-corrected chi connectivity index (χ2v) is 8.66. The number of carbonyl (C=O) groups excluding carboxylic acids is 2. The summed E-state index contributed by atoms with van der Waals surface area (Å²) in [5, 5.41) is 4.18. The third-order valence-corrected chi connectivity index (χ3v) is 6.49. The second kappa shape index (κ2) is 9.57. The summed E-state index contributed by atoms with van der Waals surface area (Å²) in [6, 6.07) is 15.1. The predicted octanol–water partition coefficient (Wildman–Crippen LogP) is 3.93. The molecule has 1 aromatic heterocycles. The van der Waals surface area contributed by atoms with E-state index in [1.54, 1.807) is 11.9 Å². The van der Waals surface area contributed by atoms with Gasteiger partial charge in [0.1, 0.15) is 0 Å². The number of likely N-dealkylation sites (N-methyl/N-ethyl adjacent to an activating group) is 2. The number of nitrogens with one attached hydrogen (secondary N) is 2. The third-order valence-electron chi connectivity index (χ3n) is 6.49. The molecule has 0 radical (unpaired) electrons. The van der Waals surface area contributed by atoms with Gasteiger partial charge in [-0.3, -0.25) is 9.59 Å². The summed E-state index contributed by atoms with van der Waals surface area (Å²) in [4.78, 5) is 34.0. The van der Waals surface area contributed by atoms with Gasteiger partial charge >= 0.3 is 0 Å². The zero-order valence-corrected chi connectivity index (χ0v) is 19.1.